The van der Waals surface area contributed by atoms with Crippen LogP contribution in [-0.2, 0) is 53.6 Å². The number of hydrogen-bond donors (Lipinski definition) is 0. The fourth-order valence-corrected chi connectivity index (χ4v) is 10.7. The number of aromatic nitrogens is 4. The van der Waals surface area contributed by atoms with Crippen molar-refractivity contribution in [2.45, 2.75) is 154 Å². The maximum absolute atomic E-state index is 10.4. The fourth-order valence-electron chi connectivity index (χ4n) is 10.7. The minimum atomic E-state index is -4.86. The number of rotatable bonds is 8. The van der Waals surface area contributed by atoms with Crippen LogP contribution >= 0.6 is 0 Å². The molecule has 13 rings (SSSR count). The number of fused-ring (bicyclic) bond motifs is 6. The molecule has 0 fully saturated rings. The summed E-state index contributed by atoms with van der Waals surface area (Å²) in [4.78, 5) is 4.85. The van der Waals surface area contributed by atoms with Gasteiger partial charge in [0.1, 0.15) is 5.82 Å². The number of para-hydroxylation sites is 3. The van der Waals surface area contributed by atoms with Gasteiger partial charge in [0, 0.05) is 88.1 Å². The Hall–Kier alpha value is -7.33. The first-order chi connectivity index (χ1) is 55.0. The first-order valence-corrected chi connectivity index (χ1v) is 26.6. The number of nitrogens with zero attached hydrogens (tertiary/aromatic N) is 4. The molecule has 3 heterocycles. The molecule has 428 valence electrons. The second-order valence-corrected chi connectivity index (χ2v) is 23.1. The van der Waals surface area contributed by atoms with Gasteiger partial charge in [-0.15, -0.1) is 29.7 Å². The smallest absolute Gasteiger partial charge is 0.268 e. The monoisotopic (exact) mass is 1320 g/mol. The summed E-state index contributed by atoms with van der Waals surface area (Å²) in [6.45, 7) is -23.9. The molecular weight excluding hydrogens is 1200 g/mol. The first kappa shape index (κ1) is 27.8. The van der Waals surface area contributed by atoms with E-state index >= 15 is 0 Å². The molecule has 2 aliphatic carbocycles. The van der Waals surface area contributed by atoms with Gasteiger partial charge in [0.2, 0.25) is 0 Å². The first-order valence-electron chi connectivity index (χ1n) is 45.6. The number of hydrogen-bond acceptors (Lipinski definition) is 2. The third-order valence-electron chi connectivity index (χ3n) is 15.1. The van der Waals surface area contributed by atoms with Crippen molar-refractivity contribution in [1.29, 1.82) is 0 Å². The summed E-state index contributed by atoms with van der Waals surface area (Å²) in [7, 11) is 0. The van der Waals surface area contributed by atoms with E-state index < -0.39 is 188 Å². The quantitative estimate of drug-likeness (QED) is 0.112. The number of benzene rings is 8. The van der Waals surface area contributed by atoms with Gasteiger partial charge in [-0.3, -0.25) is 4.57 Å². The zero-order chi connectivity index (χ0) is 90.6. The Morgan fingerprint density at radius 3 is 1.75 bits per heavy atom. The molecular formula is C78H78N4OPt-2. The van der Waals surface area contributed by atoms with Crippen molar-refractivity contribution in [3.63, 3.8) is 0 Å². The Balaban J connectivity index is 0.0000136. The second kappa shape index (κ2) is 20.4. The molecule has 3 aromatic heterocycles. The van der Waals surface area contributed by atoms with E-state index in [2.05, 4.69) is 90.3 Å². The summed E-state index contributed by atoms with van der Waals surface area (Å²) < 4.78 is 364. The molecule has 6 heteroatoms. The van der Waals surface area contributed by atoms with Gasteiger partial charge in [-0.25, -0.2) is 4.98 Å². The van der Waals surface area contributed by atoms with E-state index in [4.69, 9.17) is 42.6 Å². The number of imidazole rings is 1. The minimum absolute atomic E-state index is 0. The normalized spacial score (nSPS) is 26.3. The molecule has 0 saturated carbocycles. The molecule has 0 spiro atoms. The SMILES string of the molecule is [2H]c1c([2H])c2c(c([2H])c1-c1cccc(-c3c([2H])c([2H])c4c(c3[2H])C(C([2H])([2H])[2H])(C([2H])([2H])[2H])C([2H])([2H])C([2H])([2H])C4(C([2H])([2H])[2H])C([2H])([2H])[2H])c1-[n+]1[c-]n(-c3[c-]c(Oc4[c-]c5c(cc4)c4cc(-c6ccc(C(C)(C)C)cc6)ccc4n5-c4cc(C(C)(C)C)ccn4)ccc3)c3ccccc31)C(C([2H])([2H])[2H])(C([2H])([2H])[2H])C([2H])([2H])C([2H])([2H])C2(C([2H])([2H])[2H])C([2H])([2H])[2H].[Pt]. The van der Waals surface area contributed by atoms with Crippen LogP contribution in [0.25, 0.3) is 83.4 Å². The van der Waals surface area contributed by atoms with Crippen molar-refractivity contribution >= 4 is 32.8 Å². The van der Waals surface area contributed by atoms with Crippen LogP contribution in [0.1, 0.15) is 207 Å². The van der Waals surface area contributed by atoms with E-state index in [1.165, 1.54) is 47.0 Å². The van der Waals surface area contributed by atoms with Crippen LogP contribution in [0.2, 0.25) is 0 Å². The van der Waals surface area contributed by atoms with E-state index in [1.54, 1.807) is 12.3 Å². The fraction of sp³-hybridized carbons (Fsp3) is 0.308. The van der Waals surface area contributed by atoms with Gasteiger partial charge in [0.25, 0.3) is 6.33 Å². The predicted octanol–water partition coefficient (Wildman–Crippen LogP) is 19.9. The van der Waals surface area contributed by atoms with E-state index in [1.807, 2.05) is 34.9 Å². The Labute approximate surface area is 566 Å². The van der Waals surface area contributed by atoms with Crippen LogP contribution in [0, 0.1) is 18.5 Å². The standard InChI is InChI=1S/C78H78N4O.Pt/c1-73(2,3)54-30-25-50(26-31-54)51-29-36-67-62(43-51)61-33-32-58(48-70(61)82(67)71-46-55(37-42-79-71)74(4,5)6)83-57-20-17-19-56(47-57)80-49-81(69-24-16-15-23-68(69)80)72-59(52-27-34-63-65(44-52)77(11,12)40-38-75(63,7)8)21-18-22-60(72)53-28-35-64-66(45-53)78(13,14)41-39-76(64,9)10;/h15-37,42-46H,38-41H2,1-14H3;/q-2;/i7D3,8D3,9D3,10D3,11D3,12D3,13D3,14D3,27D,28D,34D,35D,38D2,39D2,40D2,41D2,44D,45D;. The van der Waals surface area contributed by atoms with Gasteiger partial charge in [-0.05, 0) is 154 Å². The molecule has 0 saturated heterocycles. The molecule has 0 unspecified atom stereocenters. The van der Waals surface area contributed by atoms with Gasteiger partial charge in [0.05, 0.1) is 24.9 Å². The summed E-state index contributed by atoms with van der Waals surface area (Å²) >= 11 is 0. The van der Waals surface area contributed by atoms with E-state index in [9.17, 15) is 19.2 Å². The molecule has 2 aliphatic rings. The maximum Gasteiger partial charge on any atom is 0.268 e. The van der Waals surface area contributed by atoms with Gasteiger partial charge in [-0.1, -0.05) is 217 Å². The average Bonchev–Trinajstić information content (AvgIpc) is 0.659. The van der Waals surface area contributed by atoms with E-state index in [-0.39, 0.29) is 60.1 Å². The molecule has 8 aromatic carbocycles. The van der Waals surface area contributed by atoms with Crippen molar-refractivity contribution in [2.75, 3.05) is 0 Å². The summed E-state index contributed by atoms with van der Waals surface area (Å²) in [5.41, 5.74) is -27.1. The summed E-state index contributed by atoms with van der Waals surface area (Å²) in [6, 6.07) is 30.8. The van der Waals surface area contributed by atoms with Crippen molar-refractivity contribution < 1.29 is 82.5 Å². The van der Waals surface area contributed by atoms with E-state index in [0.29, 0.717) is 11.3 Å². The second-order valence-electron chi connectivity index (χ2n) is 23.1. The molecule has 5 nitrogen and oxygen atoms in total. The molecule has 0 bridgehead atoms. The number of pyridine rings is 1. The Bertz CT molecular complexity index is 5840. The van der Waals surface area contributed by atoms with Crippen LogP contribution in [0.4, 0.5) is 0 Å². The molecule has 0 aliphatic heterocycles. The van der Waals surface area contributed by atoms with Gasteiger partial charge in [0.15, 0.2) is 0 Å². The van der Waals surface area contributed by atoms with Crippen molar-refractivity contribution in [3.05, 3.63) is 222 Å². The zero-order valence-corrected chi connectivity index (χ0v) is 48.5. The summed E-state index contributed by atoms with van der Waals surface area (Å²) in [5, 5.41) is 1.58. The van der Waals surface area contributed by atoms with Crippen molar-refractivity contribution in [1.82, 2.24) is 14.1 Å². The van der Waals surface area contributed by atoms with Gasteiger partial charge in [-0.2, -0.15) is 18.2 Å². The van der Waals surface area contributed by atoms with Crippen LogP contribution in [0.15, 0.2) is 170 Å². The third-order valence-corrected chi connectivity index (χ3v) is 15.1. The predicted molar refractivity (Wildman–Crippen MR) is 344 cm³/mol. The van der Waals surface area contributed by atoms with Crippen LogP contribution < -0.4 is 9.30 Å². The summed E-state index contributed by atoms with van der Waals surface area (Å²) in [5.74, 6) is 0.637. The van der Waals surface area contributed by atoms with Gasteiger partial charge >= 0.3 is 0 Å². The topological polar surface area (TPSA) is 35.9 Å². The molecule has 0 N–H and O–H groups in total. The molecule has 0 atom stereocenters. The molecule has 0 amide bonds. The molecule has 11 aromatic rings. The maximum atomic E-state index is 10.4. The Kier molecular flexibility index (Phi) is 6.76. The Morgan fingerprint density at radius 2 is 1.13 bits per heavy atom. The van der Waals surface area contributed by atoms with Crippen LogP contribution in [0.5, 0.6) is 11.5 Å². The van der Waals surface area contributed by atoms with Crippen LogP contribution in [0.3, 0.4) is 0 Å². The number of ether oxygens (including phenoxy) is 1. The van der Waals surface area contributed by atoms with Crippen molar-refractivity contribution in [2.24, 2.45) is 0 Å². The summed E-state index contributed by atoms with van der Waals surface area (Å²) in [6.07, 6.45) is -14.5. The van der Waals surface area contributed by atoms with E-state index in [0.717, 1.165) is 61.3 Å². The third kappa shape index (κ3) is 9.96. The largest absolute Gasteiger partial charge is 0.510 e. The minimum Gasteiger partial charge on any atom is -0.510 e. The molecule has 84 heavy (non-hydrogen) atoms. The zero-order valence-electron chi connectivity index (χ0n) is 84.2. The van der Waals surface area contributed by atoms with Gasteiger partial charge < -0.3 is 13.9 Å². The van der Waals surface area contributed by atoms with Crippen molar-refractivity contribution in [3.8, 4) is 62.1 Å². The average molecular weight is 1320 g/mol. The molecule has 0 radical (unpaired) electrons. The Morgan fingerprint density at radius 1 is 0.548 bits per heavy atom. The van der Waals surface area contributed by atoms with Crippen LogP contribution in [-0.4, -0.2) is 14.1 Å².